The first-order valence-electron chi connectivity index (χ1n) is 6.25. The molecule has 0 aliphatic heterocycles. The van der Waals surface area contributed by atoms with Crippen LogP contribution >= 0.6 is 12.2 Å². The predicted molar refractivity (Wildman–Crippen MR) is 79.4 cm³/mol. The highest BCUT2D eigenvalue weighted by atomic mass is 32.1. The molecule has 0 unspecified atom stereocenters. The molecule has 10 heteroatoms. The van der Waals surface area contributed by atoms with Gasteiger partial charge in [0.05, 0.1) is 5.69 Å². The van der Waals surface area contributed by atoms with Crippen LogP contribution in [0, 0.1) is 4.77 Å². The Kier molecular flexibility index (Phi) is 4.37. The number of rotatable bonds is 2. The molecule has 0 aliphatic carbocycles. The van der Waals surface area contributed by atoms with Crippen molar-refractivity contribution in [3.8, 4) is 11.3 Å². The van der Waals surface area contributed by atoms with Crippen molar-refractivity contribution < 1.29 is 18.0 Å². The lowest BCUT2D eigenvalue weighted by Crippen LogP contribution is -2.31. The second kappa shape index (κ2) is 5.95. The van der Waals surface area contributed by atoms with Gasteiger partial charge in [-0.15, -0.1) is 0 Å². The van der Waals surface area contributed by atoms with Gasteiger partial charge in [0.1, 0.15) is 0 Å². The van der Waals surface area contributed by atoms with Crippen molar-refractivity contribution in [1.82, 2.24) is 14.3 Å². The van der Waals surface area contributed by atoms with Crippen molar-refractivity contribution in [3.05, 3.63) is 39.4 Å². The molecule has 1 N–H and O–H groups in total. The van der Waals surface area contributed by atoms with Crippen LogP contribution in [0.15, 0.2) is 29.1 Å². The van der Waals surface area contributed by atoms with Crippen molar-refractivity contribution in [2.75, 3.05) is 5.32 Å². The number of nitrogens with zero attached hydrogens (tertiary/aromatic N) is 3. The number of carbonyl (C=O) groups is 1. The number of halogens is 3. The lowest BCUT2D eigenvalue weighted by Gasteiger charge is -2.13. The average Bonchev–Trinajstić information content (AvgIpc) is 2.48. The highest BCUT2D eigenvalue weighted by Crippen LogP contribution is 2.26. The summed E-state index contributed by atoms with van der Waals surface area (Å²) in [6.07, 6.45) is -5.04. The quantitative estimate of drug-likeness (QED) is 0.847. The number of para-hydroxylation sites is 1. The van der Waals surface area contributed by atoms with E-state index in [-0.39, 0.29) is 21.7 Å². The molecular formula is C13H11F3N4O2S. The molecular weight excluding hydrogens is 333 g/mol. The Balaban J connectivity index is 2.61. The summed E-state index contributed by atoms with van der Waals surface area (Å²) in [5.41, 5.74) is -0.809. The molecule has 0 saturated heterocycles. The molecule has 1 heterocycles. The van der Waals surface area contributed by atoms with Gasteiger partial charge in [-0.1, -0.05) is 18.2 Å². The Morgan fingerprint density at radius 1 is 1.26 bits per heavy atom. The van der Waals surface area contributed by atoms with Gasteiger partial charge in [0.15, 0.2) is 10.5 Å². The maximum absolute atomic E-state index is 12.4. The third-order valence-corrected chi connectivity index (χ3v) is 3.55. The van der Waals surface area contributed by atoms with Crippen molar-refractivity contribution in [2.24, 2.45) is 14.1 Å². The molecule has 1 amide bonds. The van der Waals surface area contributed by atoms with Gasteiger partial charge in [-0.05, 0) is 18.3 Å². The van der Waals surface area contributed by atoms with E-state index >= 15 is 0 Å². The van der Waals surface area contributed by atoms with E-state index in [1.165, 1.54) is 43.0 Å². The molecule has 1 aromatic carbocycles. The van der Waals surface area contributed by atoms with Crippen LogP contribution in [0.25, 0.3) is 11.3 Å². The monoisotopic (exact) mass is 344 g/mol. The van der Waals surface area contributed by atoms with Crippen molar-refractivity contribution in [3.63, 3.8) is 0 Å². The van der Waals surface area contributed by atoms with Gasteiger partial charge in [0, 0.05) is 19.7 Å². The van der Waals surface area contributed by atoms with Gasteiger partial charge in [0.2, 0.25) is 0 Å². The van der Waals surface area contributed by atoms with Crippen LogP contribution in [0.2, 0.25) is 0 Å². The molecule has 122 valence electrons. The number of carbonyl (C=O) groups excluding carboxylic acids is 1. The maximum atomic E-state index is 12.4. The Hall–Kier alpha value is -2.49. The molecule has 0 radical (unpaired) electrons. The molecule has 2 rings (SSSR count). The number of benzene rings is 1. The van der Waals surface area contributed by atoms with E-state index in [9.17, 15) is 22.8 Å². The Labute approximate surface area is 133 Å². The Morgan fingerprint density at radius 3 is 2.48 bits per heavy atom. The molecule has 0 spiro atoms. The number of nitrogens with one attached hydrogen (secondary N) is 1. The standard InChI is InChI=1S/C13H11F3N4O2S/c1-19-10(21)9(18-20(2)12(19)23)7-5-3-4-6-8(7)17-11(22)13(14,15)16/h3-6H,1-2H3,(H,17,22). The van der Waals surface area contributed by atoms with E-state index in [2.05, 4.69) is 5.10 Å². The SMILES string of the molecule is Cn1nc(-c2ccccc2NC(=O)C(F)(F)F)c(=O)n(C)c1=S. The fraction of sp³-hybridized carbons (Fsp3) is 0.231. The second-order valence-electron chi connectivity index (χ2n) is 4.62. The topological polar surface area (TPSA) is 68.9 Å². The maximum Gasteiger partial charge on any atom is 0.471 e. The number of alkyl halides is 3. The molecule has 6 nitrogen and oxygen atoms in total. The zero-order chi connectivity index (χ0) is 17.4. The Morgan fingerprint density at radius 2 is 1.87 bits per heavy atom. The zero-order valence-corrected chi connectivity index (χ0v) is 12.8. The fourth-order valence-electron chi connectivity index (χ4n) is 1.86. The first kappa shape index (κ1) is 16.9. The first-order valence-corrected chi connectivity index (χ1v) is 6.65. The molecule has 1 aromatic heterocycles. The number of aromatic nitrogens is 3. The average molecular weight is 344 g/mol. The van der Waals surface area contributed by atoms with Gasteiger partial charge in [-0.25, -0.2) is 4.68 Å². The highest BCUT2D eigenvalue weighted by molar-refractivity contribution is 7.71. The highest BCUT2D eigenvalue weighted by Gasteiger charge is 2.39. The van der Waals surface area contributed by atoms with Crippen molar-refractivity contribution in [1.29, 1.82) is 0 Å². The number of anilines is 1. The summed E-state index contributed by atoms with van der Waals surface area (Å²) in [5.74, 6) is -2.13. The summed E-state index contributed by atoms with van der Waals surface area (Å²) in [7, 11) is 2.93. The van der Waals surface area contributed by atoms with E-state index in [1.54, 1.807) is 5.32 Å². The van der Waals surface area contributed by atoms with Gasteiger partial charge in [0.25, 0.3) is 5.56 Å². The third kappa shape index (κ3) is 3.31. The van der Waals surface area contributed by atoms with E-state index in [4.69, 9.17) is 12.2 Å². The minimum atomic E-state index is -5.04. The molecule has 0 fully saturated rings. The number of hydrogen-bond donors (Lipinski definition) is 1. The number of amides is 1. The van der Waals surface area contributed by atoms with Crippen LogP contribution in [0.1, 0.15) is 0 Å². The summed E-state index contributed by atoms with van der Waals surface area (Å²) in [6.45, 7) is 0. The van der Waals surface area contributed by atoms with Crippen molar-refractivity contribution >= 4 is 23.8 Å². The molecule has 2 aromatic rings. The van der Waals surface area contributed by atoms with Crippen LogP contribution in [-0.2, 0) is 18.9 Å². The molecule has 0 bridgehead atoms. The van der Waals surface area contributed by atoms with Crippen LogP contribution in [0.3, 0.4) is 0 Å². The first-order chi connectivity index (χ1) is 10.6. The van der Waals surface area contributed by atoms with Crippen LogP contribution in [-0.4, -0.2) is 26.4 Å². The molecule has 0 aliphatic rings. The van der Waals surface area contributed by atoms with Gasteiger partial charge < -0.3 is 5.32 Å². The lowest BCUT2D eigenvalue weighted by molar-refractivity contribution is -0.167. The van der Waals surface area contributed by atoms with Crippen LogP contribution in [0.4, 0.5) is 18.9 Å². The van der Waals surface area contributed by atoms with Crippen molar-refractivity contribution in [2.45, 2.75) is 6.18 Å². The van der Waals surface area contributed by atoms with Gasteiger partial charge in [-0.2, -0.15) is 18.3 Å². The smallest absolute Gasteiger partial charge is 0.318 e. The normalized spacial score (nSPS) is 11.3. The lowest BCUT2D eigenvalue weighted by atomic mass is 10.1. The summed E-state index contributed by atoms with van der Waals surface area (Å²) in [6, 6.07) is 5.59. The molecule has 0 saturated carbocycles. The van der Waals surface area contributed by atoms with E-state index in [0.717, 1.165) is 4.57 Å². The predicted octanol–water partition coefficient (Wildman–Crippen LogP) is 2.02. The van der Waals surface area contributed by atoms with E-state index in [0.29, 0.717) is 0 Å². The molecule has 23 heavy (non-hydrogen) atoms. The van der Waals surface area contributed by atoms with E-state index < -0.39 is 17.6 Å². The van der Waals surface area contributed by atoms with Crippen LogP contribution < -0.4 is 10.9 Å². The summed E-state index contributed by atoms with van der Waals surface area (Å²) in [4.78, 5) is 23.4. The minimum absolute atomic E-state index is 0.0660. The van der Waals surface area contributed by atoms with Gasteiger partial charge in [-0.3, -0.25) is 14.2 Å². The van der Waals surface area contributed by atoms with Gasteiger partial charge >= 0.3 is 12.1 Å². The van der Waals surface area contributed by atoms with Crippen LogP contribution in [0.5, 0.6) is 0 Å². The Bertz CT molecular complexity index is 886. The minimum Gasteiger partial charge on any atom is -0.318 e. The number of aryl methyl sites for hydroxylation is 1. The summed E-state index contributed by atoms with van der Waals surface area (Å²) >= 11 is 4.99. The third-order valence-electron chi connectivity index (χ3n) is 3.01. The second-order valence-corrected chi connectivity index (χ2v) is 4.98. The summed E-state index contributed by atoms with van der Waals surface area (Å²) in [5, 5.41) is 5.72. The largest absolute Gasteiger partial charge is 0.471 e. The summed E-state index contributed by atoms with van der Waals surface area (Å²) < 4.78 is 39.8. The molecule has 0 atom stereocenters. The van der Waals surface area contributed by atoms with E-state index in [1.807, 2.05) is 0 Å². The number of hydrogen-bond acceptors (Lipinski definition) is 4. The fourth-order valence-corrected chi connectivity index (χ4v) is 1.98. The zero-order valence-electron chi connectivity index (χ0n) is 12.0.